The van der Waals surface area contributed by atoms with E-state index in [1.807, 2.05) is 0 Å². The normalized spacial score (nSPS) is 11.3. The fourth-order valence-corrected chi connectivity index (χ4v) is 1.59. The van der Waals surface area contributed by atoms with Crippen LogP contribution in [0.15, 0.2) is 0 Å². The van der Waals surface area contributed by atoms with E-state index in [1.165, 1.54) is 0 Å². The Balaban J connectivity index is 3.37. The monoisotopic (exact) mass is 220 g/mol. The molecule has 0 aliphatic carbocycles. The molecule has 0 saturated heterocycles. The summed E-state index contributed by atoms with van der Waals surface area (Å²) in [4.78, 5) is 10.5. The zero-order chi connectivity index (χ0) is 9.61. The molecular weight excluding hydrogens is 213 g/mol. The lowest BCUT2D eigenvalue weighted by molar-refractivity contribution is -0.139. The van der Waals surface area contributed by atoms with Gasteiger partial charge in [-0.05, 0) is 6.92 Å². The second-order valence-corrected chi connectivity index (χ2v) is 3.96. The third-order valence-electron chi connectivity index (χ3n) is 0.636. The largest absolute Gasteiger partial charge is 0.465 e. The molecule has 0 bridgehead atoms. The topological polar surface area (TPSA) is 26.3 Å². The minimum absolute atomic E-state index is 0.191. The molecule has 0 aromatic carbocycles. The molecule has 0 aliphatic rings. The van der Waals surface area contributed by atoms with Crippen LogP contribution in [-0.2, 0) is 9.53 Å². The van der Waals surface area contributed by atoms with Crippen LogP contribution in [0, 0.1) is 0 Å². The van der Waals surface area contributed by atoms with Gasteiger partial charge in [0.15, 0.2) is 0 Å². The van der Waals surface area contributed by atoms with E-state index in [-0.39, 0.29) is 23.2 Å². The van der Waals surface area contributed by atoms with Gasteiger partial charge in [-0.1, -0.05) is 10.8 Å². The molecule has 0 amide bonds. The minimum Gasteiger partial charge on any atom is -0.465 e. The number of ether oxygens (including phenoxy) is 1. The molecule has 0 aromatic heterocycles. The van der Waals surface area contributed by atoms with Gasteiger partial charge in [0.25, 0.3) is 0 Å². The van der Waals surface area contributed by atoms with E-state index in [0.717, 1.165) is 0 Å². The Morgan fingerprint density at radius 1 is 1.50 bits per heavy atom. The maximum atomic E-state index is 11.5. The average Bonchev–Trinajstić information content (AvgIpc) is 1.84. The van der Waals surface area contributed by atoms with E-state index < -0.39 is 11.5 Å². The molecule has 72 valence electrons. The van der Waals surface area contributed by atoms with Gasteiger partial charge < -0.3 is 4.74 Å². The zero-order valence-electron chi connectivity index (χ0n) is 6.18. The fraction of sp³-hybridized carbons (Fsp3) is 0.800. The van der Waals surface area contributed by atoms with Crippen molar-refractivity contribution in [2.75, 3.05) is 12.4 Å². The molecule has 0 aromatic rings. The van der Waals surface area contributed by atoms with Crippen LogP contribution in [0.4, 0.5) is 13.2 Å². The predicted octanol–water partition coefficient (Wildman–Crippen LogP) is 2.45. The maximum Gasteiger partial charge on any atom is 0.452 e. The van der Waals surface area contributed by atoms with Crippen molar-refractivity contribution >= 4 is 27.6 Å². The lowest BCUT2D eigenvalue weighted by Gasteiger charge is -2.03. The molecule has 0 atom stereocenters. The Morgan fingerprint density at radius 3 is 2.50 bits per heavy atom. The SMILES string of the molecule is CCOC(=O)CSSC(F)(F)F. The van der Waals surface area contributed by atoms with Gasteiger partial charge in [0.1, 0.15) is 5.75 Å². The maximum absolute atomic E-state index is 11.5. The third-order valence-corrected chi connectivity index (χ3v) is 2.57. The van der Waals surface area contributed by atoms with Crippen LogP contribution in [-0.4, -0.2) is 23.8 Å². The van der Waals surface area contributed by atoms with Crippen LogP contribution in [0.5, 0.6) is 0 Å². The summed E-state index contributed by atoms with van der Waals surface area (Å²) in [6, 6.07) is 0. The van der Waals surface area contributed by atoms with Gasteiger partial charge in [0.2, 0.25) is 0 Å². The summed E-state index contributed by atoms with van der Waals surface area (Å²) in [5.74, 6) is -0.905. The smallest absolute Gasteiger partial charge is 0.452 e. The van der Waals surface area contributed by atoms with Crippen LogP contribution in [0.1, 0.15) is 6.92 Å². The molecule has 0 radical (unpaired) electrons. The van der Waals surface area contributed by atoms with E-state index >= 15 is 0 Å². The van der Waals surface area contributed by atoms with Crippen LogP contribution >= 0.6 is 21.6 Å². The lowest BCUT2D eigenvalue weighted by Crippen LogP contribution is -2.07. The minimum atomic E-state index is -4.29. The molecule has 7 heteroatoms. The van der Waals surface area contributed by atoms with Gasteiger partial charge in [0.05, 0.1) is 6.61 Å². The summed E-state index contributed by atoms with van der Waals surface area (Å²) in [5.41, 5.74) is -4.29. The Kier molecular flexibility index (Phi) is 5.56. The number of hydrogen-bond donors (Lipinski definition) is 0. The molecule has 12 heavy (non-hydrogen) atoms. The van der Waals surface area contributed by atoms with Crippen molar-refractivity contribution in [2.45, 2.75) is 12.4 Å². The summed E-state index contributed by atoms with van der Waals surface area (Å²) >= 11 is 0. The molecule has 0 rings (SSSR count). The highest BCUT2D eigenvalue weighted by Crippen LogP contribution is 2.39. The molecule has 0 unspecified atom stereocenters. The Labute approximate surface area is 75.6 Å². The van der Waals surface area contributed by atoms with Crippen LogP contribution < -0.4 is 0 Å². The van der Waals surface area contributed by atoms with Gasteiger partial charge in [-0.2, -0.15) is 13.2 Å². The molecule has 0 saturated carbocycles. The highest BCUT2D eigenvalue weighted by molar-refractivity contribution is 8.77. The second kappa shape index (κ2) is 5.58. The van der Waals surface area contributed by atoms with Gasteiger partial charge >= 0.3 is 11.5 Å². The van der Waals surface area contributed by atoms with E-state index in [2.05, 4.69) is 4.74 Å². The average molecular weight is 220 g/mol. The highest BCUT2D eigenvalue weighted by atomic mass is 33.1. The molecule has 2 nitrogen and oxygen atoms in total. The Morgan fingerprint density at radius 2 is 2.08 bits per heavy atom. The van der Waals surface area contributed by atoms with E-state index in [0.29, 0.717) is 10.8 Å². The second-order valence-electron chi connectivity index (χ2n) is 1.60. The number of rotatable bonds is 4. The number of esters is 1. The first-order valence-corrected chi connectivity index (χ1v) is 5.30. The molecular formula is C5H7F3O2S2. The summed E-state index contributed by atoms with van der Waals surface area (Å²) in [7, 11) is 0.129. The first-order chi connectivity index (χ1) is 5.45. The molecule has 0 heterocycles. The highest BCUT2D eigenvalue weighted by Gasteiger charge is 2.29. The van der Waals surface area contributed by atoms with Gasteiger partial charge in [-0.3, -0.25) is 4.79 Å². The number of alkyl halides is 3. The summed E-state index contributed by atoms with van der Waals surface area (Å²) in [6.07, 6.45) is 0. The quantitative estimate of drug-likeness (QED) is 0.537. The first kappa shape index (κ1) is 12.0. The van der Waals surface area contributed by atoms with E-state index in [1.54, 1.807) is 6.92 Å². The molecule has 0 fully saturated rings. The third kappa shape index (κ3) is 8.06. The first-order valence-electron chi connectivity index (χ1n) is 2.98. The van der Waals surface area contributed by atoms with Crippen LogP contribution in [0.25, 0.3) is 0 Å². The Hall–Kier alpha value is -0.0400. The number of carbonyl (C=O) groups excluding carboxylic acids is 1. The van der Waals surface area contributed by atoms with Crippen molar-refractivity contribution in [3.05, 3.63) is 0 Å². The lowest BCUT2D eigenvalue weighted by atomic mass is 10.8. The van der Waals surface area contributed by atoms with Crippen molar-refractivity contribution in [3.63, 3.8) is 0 Å². The van der Waals surface area contributed by atoms with Crippen LogP contribution in [0.3, 0.4) is 0 Å². The molecule has 0 spiro atoms. The van der Waals surface area contributed by atoms with Crippen molar-refractivity contribution in [1.29, 1.82) is 0 Å². The zero-order valence-corrected chi connectivity index (χ0v) is 7.81. The van der Waals surface area contributed by atoms with Crippen molar-refractivity contribution in [1.82, 2.24) is 0 Å². The summed E-state index contributed by atoms with van der Waals surface area (Å²) in [5, 5.41) is 0. The van der Waals surface area contributed by atoms with Gasteiger partial charge in [-0.25, -0.2) is 0 Å². The fourth-order valence-electron chi connectivity index (χ4n) is 0.347. The van der Waals surface area contributed by atoms with Crippen molar-refractivity contribution in [3.8, 4) is 0 Å². The molecule has 0 N–H and O–H groups in total. The van der Waals surface area contributed by atoms with Crippen molar-refractivity contribution in [2.24, 2.45) is 0 Å². The van der Waals surface area contributed by atoms with Crippen LogP contribution in [0.2, 0.25) is 0 Å². The number of hydrogen-bond acceptors (Lipinski definition) is 4. The Bertz CT molecular complexity index is 148. The summed E-state index contributed by atoms with van der Waals surface area (Å²) < 4.78 is 38.9. The van der Waals surface area contributed by atoms with Crippen molar-refractivity contribution < 1.29 is 22.7 Å². The standard InChI is InChI=1S/C5H7F3O2S2/c1-2-10-4(9)3-11-12-5(6,7)8/h2-3H2,1H3. The molecule has 0 aliphatic heterocycles. The number of halogens is 3. The predicted molar refractivity (Wildman–Crippen MR) is 42.7 cm³/mol. The van der Waals surface area contributed by atoms with E-state index in [4.69, 9.17) is 0 Å². The van der Waals surface area contributed by atoms with Gasteiger partial charge in [0, 0.05) is 10.8 Å². The summed E-state index contributed by atoms with van der Waals surface area (Å²) in [6.45, 7) is 1.79. The van der Waals surface area contributed by atoms with Gasteiger partial charge in [-0.15, -0.1) is 0 Å². The number of carbonyl (C=O) groups is 1. The van der Waals surface area contributed by atoms with E-state index in [9.17, 15) is 18.0 Å².